The summed E-state index contributed by atoms with van der Waals surface area (Å²) in [6.07, 6.45) is 5.21. The van der Waals surface area contributed by atoms with E-state index in [1.807, 2.05) is 61.6 Å². The number of benzene rings is 1. The molecule has 2 heterocycles. The minimum atomic E-state index is 0.454. The van der Waals surface area contributed by atoms with Crippen molar-refractivity contribution >= 4 is 11.9 Å². The molecule has 0 radical (unpaired) electrons. The van der Waals surface area contributed by atoms with Crippen molar-refractivity contribution in [2.24, 2.45) is 0 Å². The van der Waals surface area contributed by atoms with Crippen LogP contribution >= 0.6 is 0 Å². The van der Waals surface area contributed by atoms with Crippen LogP contribution in [0.2, 0.25) is 0 Å². The second-order valence-corrected chi connectivity index (χ2v) is 4.96. The fourth-order valence-electron chi connectivity index (χ4n) is 2.03. The standard InChI is InChI=1S/C16H14N6/c1-21(2)9-8-14-13(10-17)11-18-16-19-15(20-22(14)16)12-6-4-3-5-7-12/h3-9,11H,1-2H3/b9-8+. The molecular weight excluding hydrogens is 276 g/mol. The van der Waals surface area contributed by atoms with Gasteiger partial charge in [0.25, 0.3) is 5.78 Å². The van der Waals surface area contributed by atoms with Crippen LogP contribution in [-0.4, -0.2) is 38.6 Å². The fourth-order valence-corrected chi connectivity index (χ4v) is 2.03. The van der Waals surface area contributed by atoms with Crippen molar-refractivity contribution in [3.05, 3.63) is 54.0 Å². The quantitative estimate of drug-likeness (QED) is 0.739. The second-order valence-electron chi connectivity index (χ2n) is 4.96. The highest BCUT2D eigenvalue weighted by atomic mass is 15.3. The van der Waals surface area contributed by atoms with Gasteiger partial charge in [-0.3, -0.25) is 0 Å². The average molecular weight is 290 g/mol. The van der Waals surface area contributed by atoms with E-state index >= 15 is 0 Å². The maximum absolute atomic E-state index is 9.27. The van der Waals surface area contributed by atoms with Crippen molar-refractivity contribution in [3.63, 3.8) is 0 Å². The number of aromatic nitrogens is 4. The molecular formula is C16H14N6. The Morgan fingerprint density at radius 2 is 2.00 bits per heavy atom. The number of nitrogens with zero attached hydrogens (tertiary/aromatic N) is 6. The molecule has 3 aromatic rings. The maximum Gasteiger partial charge on any atom is 0.253 e. The first-order chi connectivity index (χ1) is 10.7. The van der Waals surface area contributed by atoms with Gasteiger partial charge >= 0.3 is 0 Å². The lowest BCUT2D eigenvalue weighted by molar-refractivity contribution is 0.567. The van der Waals surface area contributed by atoms with Gasteiger partial charge in [0.1, 0.15) is 6.07 Å². The molecule has 0 saturated carbocycles. The molecule has 0 fully saturated rings. The van der Waals surface area contributed by atoms with Gasteiger partial charge in [-0.1, -0.05) is 30.3 Å². The molecule has 0 aliphatic carbocycles. The highest BCUT2D eigenvalue weighted by Crippen LogP contribution is 2.17. The van der Waals surface area contributed by atoms with Crippen molar-refractivity contribution in [2.45, 2.75) is 0 Å². The third kappa shape index (κ3) is 2.52. The van der Waals surface area contributed by atoms with Crippen LogP contribution in [0.25, 0.3) is 23.2 Å². The van der Waals surface area contributed by atoms with Crippen LogP contribution in [0.4, 0.5) is 0 Å². The molecule has 0 unspecified atom stereocenters. The molecule has 0 aliphatic rings. The Balaban J connectivity index is 2.20. The summed E-state index contributed by atoms with van der Waals surface area (Å²) in [5, 5.41) is 13.8. The summed E-state index contributed by atoms with van der Waals surface area (Å²) < 4.78 is 1.60. The summed E-state index contributed by atoms with van der Waals surface area (Å²) in [6, 6.07) is 11.8. The van der Waals surface area contributed by atoms with Gasteiger partial charge in [0.2, 0.25) is 0 Å². The summed E-state index contributed by atoms with van der Waals surface area (Å²) in [4.78, 5) is 10.5. The third-order valence-corrected chi connectivity index (χ3v) is 3.09. The fraction of sp³-hybridized carbons (Fsp3) is 0.125. The normalized spacial score (nSPS) is 11.0. The van der Waals surface area contributed by atoms with E-state index in [9.17, 15) is 5.26 Å². The largest absolute Gasteiger partial charge is 0.383 e. The molecule has 0 N–H and O–H groups in total. The van der Waals surface area contributed by atoms with Gasteiger partial charge in [-0.2, -0.15) is 14.8 Å². The first kappa shape index (κ1) is 13.8. The van der Waals surface area contributed by atoms with Crippen LogP contribution in [0, 0.1) is 11.3 Å². The maximum atomic E-state index is 9.27. The lowest BCUT2D eigenvalue weighted by Gasteiger charge is -2.05. The summed E-state index contributed by atoms with van der Waals surface area (Å²) in [5.41, 5.74) is 2.03. The van der Waals surface area contributed by atoms with Gasteiger partial charge in [0, 0.05) is 25.9 Å². The van der Waals surface area contributed by atoms with E-state index in [1.54, 1.807) is 4.52 Å². The van der Waals surface area contributed by atoms with E-state index in [-0.39, 0.29) is 0 Å². The van der Waals surface area contributed by atoms with E-state index in [0.29, 0.717) is 22.9 Å². The molecule has 2 aromatic heterocycles. The van der Waals surface area contributed by atoms with Crippen LogP contribution in [-0.2, 0) is 0 Å². The molecule has 0 aliphatic heterocycles. The first-order valence-corrected chi connectivity index (χ1v) is 6.75. The van der Waals surface area contributed by atoms with E-state index in [2.05, 4.69) is 21.1 Å². The Bertz CT molecular complexity index is 871. The van der Waals surface area contributed by atoms with Crippen molar-refractivity contribution in [1.29, 1.82) is 5.26 Å². The van der Waals surface area contributed by atoms with Crippen molar-refractivity contribution in [3.8, 4) is 17.5 Å². The molecule has 0 spiro atoms. The third-order valence-electron chi connectivity index (χ3n) is 3.09. The number of hydrogen-bond donors (Lipinski definition) is 0. The predicted molar refractivity (Wildman–Crippen MR) is 83.7 cm³/mol. The zero-order chi connectivity index (χ0) is 15.5. The monoisotopic (exact) mass is 290 g/mol. The van der Waals surface area contributed by atoms with Crippen LogP contribution in [0.5, 0.6) is 0 Å². The Morgan fingerprint density at radius 1 is 1.23 bits per heavy atom. The molecule has 0 saturated heterocycles. The molecule has 3 rings (SSSR count). The Hall–Kier alpha value is -3.20. The number of hydrogen-bond acceptors (Lipinski definition) is 5. The van der Waals surface area contributed by atoms with Crippen LogP contribution in [0.15, 0.2) is 42.7 Å². The SMILES string of the molecule is CN(C)/C=C/c1c(C#N)cnc2nc(-c3ccccc3)nn12. The van der Waals surface area contributed by atoms with Gasteiger partial charge < -0.3 is 4.90 Å². The first-order valence-electron chi connectivity index (χ1n) is 6.75. The summed E-state index contributed by atoms with van der Waals surface area (Å²) in [6.45, 7) is 0. The Labute approximate surface area is 128 Å². The van der Waals surface area contributed by atoms with Crippen LogP contribution < -0.4 is 0 Å². The zero-order valence-electron chi connectivity index (χ0n) is 12.3. The second kappa shape index (κ2) is 5.66. The Morgan fingerprint density at radius 3 is 2.68 bits per heavy atom. The molecule has 6 nitrogen and oxygen atoms in total. The summed E-state index contributed by atoms with van der Waals surface area (Å²) in [5.74, 6) is 1.05. The van der Waals surface area contributed by atoms with Crippen molar-refractivity contribution < 1.29 is 0 Å². The average Bonchev–Trinajstić information content (AvgIpc) is 2.97. The molecule has 1 aromatic carbocycles. The lowest BCUT2D eigenvalue weighted by Crippen LogP contribution is -2.03. The van der Waals surface area contributed by atoms with E-state index in [1.165, 1.54) is 6.20 Å². The molecule has 0 atom stereocenters. The minimum absolute atomic E-state index is 0.454. The van der Waals surface area contributed by atoms with E-state index in [0.717, 1.165) is 5.56 Å². The van der Waals surface area contributed by atoms with Gasteiger partial charge in [0.15, 0.2) is 5.82 Å². The van der Waals surface area contributed by atoms with E-state index < -0.39 is 0 Å². The number of fused-ring (bicyclic) bond motifs is 1. The molecule has 0 bridgehead atoms. The number of nitriles is 1. The van der Waals surface area contributed by atoms with Gasteiger partial charge in [0.05, 0.1) is 17.5 Å². The summed E-state index contributed by atoms with van der Waals surface area (Å²) >= 11 is 0. The molecule has 0 amide bonds. The highest BCUT2D eigenvalue weighted by Gasteiger charge is 2.12. The van der Waals surface area contributed by atoms with Crippen LogP contribution in [0.3, 0.4) is 0 Å². The molecule has 22 heavy (non-hydrogen) atoms. The molecule has 6 heteroatoms. The number of rotatable bonds is 3. The van der Waals surface area contributed by atoms with Gasteiger partial charge in [-0.05, 0) is 6.08 Å². The highest BCUT2D eigenvalue weighted by molar-refractivity contribution is 5.60. The minimum Gasteiger partial charge on any atom is -0.383 e. The lowest BCUT2D eigenvalue weighted by atomic mass is 10.2. The molecule has 108 valence electrons. The predicted octanol–water partition coefficient (Wildman–Crippen LogP) is 2.20. The zero-order valence-corrected chi connectivity index (χ0v) is 12.3. The van der Waals surface area contributed by atoms with Gasteiger partial charge in [-0.15, -0.1) is 5.10 Å². The van der Waals surface area contributed by atoms with Crippen molar-refractivity contribution in [1.82, 2.24) is 24.5 Å². The van der Waals surface area contributed by atoms with Crippen LogP contribution in [0.1, 0.15) is 11.3 Å². The summed E-state index contributed by atoms with van der Waals surface area (Å²) in [7, 11) is 3.83. The van der Waals surface area contributed by atoms with Gasteiger partial charge in [-0.25, -0.2) is 4.98 Å². The van der Waals surface area contributed by atoms with Crippen molar-refractivity contribution in [2.75, 3.05) is 14.1 Å². The smallest absolute Gasteiger partial charge is 0.253 e. The topological polar surface area (TPSA) is 70.1 Å². The van der Waals surface area contributed by atoms with E-state index in [4.69, 9.17) is 0 Å². The Kier molecular flexibility index (Phi) is 3.54.